The highest BCUT2D eigenvalue weighted by Gasteiger charge is 2.26. The standard InChI is InChI=1S/2C46H30.C40H26/c1-3-12-35-28-38(26-22-31(35)10-1)33-20-24-34(25-21-33)45-41-16-5-7-18-43(41)46(44-19-8-6-17-42(44)45)40-15-9-14-37(30-40)39-27-23-32-11-2-4-13-36(32)29-39;1-3-15-31(16-4-1)43-35-19-7-11-23-39(35)45(40-24-12-8-20-36(40)43)33-27-29-34(30-28-33)46-41-25-13-9-21-37(41)44(32-17-5-2-6-18-32)38-22-10-14-26-42(38)46;1-3-15-27(16-4-1)37-29-19-7-11-23-33(29)39(34-24-12-8-20-30(34)37)40-35-25-13-9-21-31(35)38(28-17-5-2-6-18-28)32-22-10-14-26-36(32)40/h2*1-30H;1-26H. The van der Waals surface area contributed by atoms with Gasteiger partial charge in [0.2, 0.25) is 0 Å². The molecule has 0 aliphatic heterocycles. The Kier molecular flexibility index (Phi) is 20.1. The van der Waals surface area contributed by atoms with Crippen LogP contribution in [0, 0.1) is 0 Å². The molecule has 0 unspecified atom stereocenters. The summed E-state index contributed by atoms with van der Waals surface area (Å²) < 4.78 is 0. The van der Waals surface area contributed by atoms with Crippen molar-refractivity contribution in [2.45, 2.75) is 0 Å². The van der Waals surface area contributed by atoms with Crippen LogP contribution >= 0.6 is 0 Å². The van der Waals surface area contributed by atoms with Crippen LogP contribution in [0.5, 0.6) is 0 Å². The normalized spacial score (nSPS) is 11.5. The van der Waals surface area contributed by atoms with Gasteiger partial charge in [0.1, 0.15) is 0 Å². The molecule has 0 aliphatic carbocycles. The summed E-state index contributed by atoms with van der Waals surface area (Å²) in [6.45, 7) is 0. The van der Waals surface area contributed by atoms with E-state index in [1.54, 1.807) is 0 Å². The van der Waals surface area contributed by atoms with Crippen LogP contribution in [0.4, 0.5) is 0 Å². The Morgan fingerprint density at radius 3 is 0.447 bits per heavy atom. The minimum atomic E-state index is 1.23. The van der Waals surface area contributed by atoms with Crippen molar-refractivity contribution in [2.24, 2.45) is 0 Å². The topological polar surface area (TPSA) is 0 Å². The summed E-state index contributed by atoms with van der Waals surface area (Å²) in [4.78, 5) is 0. The van der Waals surface area contributed by atoms with E-state index in [9.17, 15) is 0 Å². The molecular formula is C132H86. The van der Waals surface area contributed by atoms with Crippen molar-refractivity contribution in [3.63, 3.8) is 0 Å². The average Bonchev–Trinajstić information content (AvgIpc) is 0.704. The smallest absolute Gasteiger partial charge is 0.00139 e. The van der Waals surface area contributed by atoms with Crippen molar-refractivity contribution in [1.82, 2.24) is 0 Å². The molecule has 26 rings (SSSR count). The third-order valence-electron chi connectivity index (χ3n) is 27.1. The minimum Gasteiger partial charge on any atom is -0.0622 e. The Bertz CT molecular complexity index is 8330. The highest BCUT2D eigenvalue weighted by molar-refractivity contribution is 6.31. The van der Waals surface area contributed by atoms with Crippen molar-refractivity contribution in [2.75, 3.05) is 0 Å². The maximum atomic E-state index is 2.36. The van der Waals surface area contributed by atoms with Gasteiger partial charge < -0.3 is 0 Å². The van der Waals surface area contributed by atoms with E-state index < -0.39 is 0 Å². The summed E-state index contributed by atoms with van der Waals surface area (Å²) >= 11 is 0. The Hall–Kier alpha value is -17.2. The van der Waals surface area contributed by atoms with Crippen LogP contribution in [0.2, 0.25) is 0 Å². The summed E-state index contributed by atoms with van der Waals surface area (Å²) in [5, 5.41) is 30.6. The Balaban J connectivity index is 0.000000110. The third-order valence-corrected chi connectivity index (χ3v) is 27.1. The fourth-order valence-corrected chi connectivity index (χ4v) is 21.3. The molecule has 132 heavy (non-hydrogen) atoms. The predicted molar refractivity (Wildman–Crippen MR) is 569 cm³/mol. The molecule has 26 aromatic rings. The molecule has 614 valence electrons. The first-order chi connectivity index (χ1) is 65.6. The van der Waals surface area contributed by atoms with E-state index in [2.05, 4.69) is 522 Å². The highest BCUT2D eigenvalue weighted by atomic mass is 14.3. The van der Waals surface area contributed by atoms with Crippen molar-refractivity contribution >= 4 is 129 Å². The fraction of sp³-hybridized carbons (Fsp3) is 0. The van der Waals surface area contributed by atoms with E-state index in [1.807, 2.05) is 0 Å². The van der Waals surface area contributed by atoms with Gasteiger partial charge in [0.15, 0.2) is 0 Å². The van der Waals surface area contributed by atoms with E-state index in [0.717, 1.165) is 0 Å². The highest BCUT2D eigenvalue weighted by Crippen LogP contribution is 2.53. The second-order valence-corrected chi connectivity index (χ2v) is 34.5. The van der Waals surface area contributed by atoms with E-state index in [0.29, 0.717) is 0 Å². The molecule has 0 radical (unpaired) electrons. The Labute approximate surface area is 767 Å². The van der Waals surface area contributed by atoms with Crippen molar-refractivity contribution in [3.8, 4) is 122 Å². The lowest BCUT2D eigenvalue weighted by Crippen LogP contribution is -1.94. The average molecular weight is 1670 g/mol. The van der Waals surface area contributed by atoms with Gasteiger partial charge in [-0.15, -0.1) is 0 Å². The van der Waals surface area contributed by atoms with Gasteiger partial charge in [0, 0.05) is 0 Å². The van der Waals surface area contributed by atoms with Crippen molar-refractivity contribution in [1.29, 1.82) is 0 Å². The summed E-state index contributed by atoms with van der Waals surface area (Å²) in [6.07, 6.45) is 0. The lowest BCUT2D eigenvalue weighted by molar-refractivity contribution is 1.62. The van der Waals surface area contributed by atoms with Crippen LogP contribution in [-0.4, -0.2) is 0 Å². The molecule has 0 fully saturated rings. The molecule has 0 aliphatic rings. The van der Waals surface area contributed by atoms with E-state index in [1.165, 1.54) is 252 Å². The predicted octanol–water partition coefficient (Wildman–Crippen LogP) is 37.2. The summed E-state index contributed by atoms with van der Waals surface area (Å²) in [5.74, 6) is 0. The van der Waals surface area contributed by atoms with Crippen LogP contribution in [0.25, 0.3) is 252 Å². The first-order valence-corrected chi connectivity index (χ1v) is 45.8. The number of hydrogen-bond donors (Lipinski definition) is 0. The van der Waals surface area contributed by atoms with Gasteiger partial charge in [0.25, 0.3) is 0 Å². The molecule has 0 saturated carbocycles. The van der Waals surface area contributed by atoms with Gasteiger partial charge in [0.05, 0.1) is 0 Å². The monoisotopic (exact) mass is 1670 g/mol. The first-order valence-electron chi connectivity index (χ1n) is 45.8. The molecule has 0 bridgehead atoms. The van der Waals surface area contributed by atoms with Crippen LogP contribution in [-0.2, 0) is 0 Å². The zero-order chi connectivity index (χ0) is 87.4. The fourth-order valence-electron chi connectivity index (χ4n) is 21.3. The Morgan fingerprint density at radius 1 is 0.0682 bits per heavy atom. The molecule has 0 heterocycles. The van der Waals surface area contributed by atoms with E-state index in [4.69, 9.17) is 0 Å². The zero-order valence-electron chi connectivity index (χ0n) is 72.7. The zero-order valence-corrected chi connectivity index (χ0v) is 72.7. The minimum absolute atomic E-state index is 1.23. The number of benzene rings is 26. The van der Waals surface area contributed by atoms with Crippen LogP contribution in [0.15, 0.2) is 522 Å². The van der Waals surface area contributed by atoms with Crippen LogP contribution in [0.1, 0.15) is 0 Å². The maximum Gasteiger partial charge on any atom is -0.00139 e. The second-order valence-electron chi connectivity index (χ2n) is 34.5. The number of hydrogen-bond acceptors (Lipinski definition) is 0. The summed E-state index contributed by atoms with van der Waals surface area (Å²) in [7, 11) is 0. The second kappa shape index (κ2) is 33.9. The van der Waals surface area contributed by atoms with Crippen LogP contribution < -0.4 is 0 Å². The van der Waals surface area contributed by atoms with Gasteiger partial charge >= 0.3 is 0 Å². The molecule has 0 N–H and O–H groups in total. The first kappa shape index (κ1) is 78.3. The lowest BCUT2D eigenvalue weighted by Gasteiger charge is -2.22. The molecule has 0 heteroatoms. The third kappa shape index (κ3) is 13.9. The molecule has 0 spiro atoms. The van der Waals surface area contributed by atoms with E-state index in [-0.39, 0.29) is 0 Å². The summed E-state index contributed by atoms with van der Waals surface area (Å²) in [5.41, 5.74) is 27.7. The molecule has 0 nitrogen and oxygen atoms in total. The lowest BCUT2D eigenvalue weighted by atomic mass is 9.81. The molecule has 0 atom stereocenters. The molecule has 0 aromatic heterocycles. The Morgan fingerprint density at radius 2 is 0.212 bits per heavy atom. The largest absolute Gasteiger partial charge is 0.0622 e. The van der Waals surface area contributed by atoms with Gasteiger partial charge in [-0.05, 0) is 270 Å². The number of fused-ring (bicyclic) bond motifs is 12. The van der Waals surface area contributed by atoms with Crippen molar-refractivity contribution < 1.29 is 0 Å². The summed E-state index contributed by atoms with van der Waals surface area (Å²) in [6, 6.07) is 190. The molecule has 0 amide bonds. The van der Waals surface area contributed by atoms with Gasteiger partial charge in [-0.2, -0.15) is 0 Å². The van der Waals surface area contributed by atoms with E-state index >= 15 is 0 Å². The number of rotatable bonds is 11. The van der Waals surface area contributed by atoms with Gasteiger partial charge in [-0.25, -0.2) is 0 Å². The molecule has 0 saturated heterocycles. The van der Waals surface area contributed by atoms with Gasteiger partial charge in [-0.1, -0.05) is 504 Å². The quantitative estimate of drug-likeness (QED) is 0.113. The SMILES string of the molecule is c1cc(-c2ccc3ccccc3c2)cc(-c2c3ccccc3c(-c3ccc(-c4ccc5ccccc5c4)cc3)c3ccccc23)c1.c1ccc(-c2c3ccccc3c(-c3c4ccccc4c(-c4ccccc4)c4ccccc34)c3ccccc23)cc1.c1ccc(-c2c3ccccc3c(-c3ccc(-c4c5ccccc5c(-c5ccccc5)c5ccccc45)cc3)c3ccccc23)cc1. The van der Waals surface area contributed by atoms with Crippen LogP contribution in [0.3, 0.4) is 0 Å². The maximum absolute atomic E-state index is 2.36. The van der Waals surface area contributed by atoms with Gasteiger partial charge in [-0.3, -0.25) is 0 Å². The van der Waals surface area contributed by atoms with Crippen molar-refractivity contribution in [3.05, 3.63) is 522 Å². The molecule has 26 aromatic carbocycles. The molecular weight excluding hydrogens is 1590 g/mol.